The lowest BCUT2D eigenvalue weighted by molar-refractivity contribution is -0.139. The predicted molar refractivity (Wildman–Crippen MR) is 89.8 cm³/mol. The third kappa shape index (κ3) is 3.35. The Bertz CT molecular complexity index is 741. The monoisotopic (exact) mass is 327 g/mol. The normalized spacial score (nSPS) is 15.5. The van der Waals surface area contributed by atoms with Crippen LogP contribution in [-0.2, 0) is 11.2 Å². The smallest absolute Gasteiger partial charge is 0.305 e. The number of furan rings is 1. The lowest BCUT2D eigenvalue weighted by Gasteiger charge is -2.41. The Morgan fingerprint density at radius 2 is 1.88 bits per heavy atom. The average molecular weight is 327 g/mol. The number of carbonyl (C=O) groups is 2. The number of aryl methyl sites for hydroxylation is 1. The zero-order valence-corrected chi connectivity index (χ0v) is 13.7. The van der Waals surface area contributed by atoms with Crippen molar-refractivity contribution < 1.29 is 19.1 Å². The molecule has 1 aliphatic rings. The Morgan fingerprint density at radius 3 is 2.42 bits per heavy atom. The molecule has 0 aliphatic heterocycles. The second-order valence-electron chi connectivity index (χ2n) is 6.37. The Labute approximate surface area is 140 Å². The quantitative estimate of drug-likeness (QED) is 0.849. The molecule has 0 unspecified atom stereocenters. The molecule has 0 saturated heterocycles. The summed E-state index contributed by atoms with van der Waals surface area (Å²) >= 11 is 0. The summed E-state index contributed by atoms with van der Waals surface area (Å²) in [5, 5.41) is 11.9. The van der Waals surface area contributed by atoms with Gasteiger partial charge in [0.2, 0.25) is 0 Å². The molecular weight excluding hydrogens is 306 g/mol. The van der Waals surface area contributed by atoms with Gasteiger partial charge in [0.05, 0.1) is 12.0 Å². The molecule has 0 radical (unpaired) electrons. The van der Waals surface area contributed by atoms with Gasteiger partial charge in [0, 0.05) is 5.56 Å². The van der Waals surface area contributed by atoms with Crippen molar-refractivity contribution in [3.63, 3.8) is 0 Å². The Kier molecular flexibility index (Phi) is 4.42. The van der Waals surface area contributed by atoms with E-state index in [1.54, 1.807) is 12.1 Å². The molecule has 0 atom stereocenters. The summed E-state index contributed by atoms with van der Waals surface area (Å²) in [6.45, 7) is 2.09. The molecule has 3 rings (SSSR count). The van der Waals surface area contributed by atoms with E-state index in [0.29, 0.717) is 18.6 Å². The molecule has 1 fully saturated rings. The second-order valence-corrected chi connectivity index (χ2v) is 6.37. The van der Waals surface area contributed by atoms with E-state index in [9.17, 15) is 9.59 Å². The fourth-order valence-corrected chi connectivity index (χ4v) is 3.06. The molecule has 1 aliphatic carbocycles. The highest BCUT2D eigenvalue weighted by Crippen LogP contribution is 2.35. The minimum atomic E-state index is -0.897. The summed E-state index contributed by atoms with van der Waals surface area (Å²) in [5.74, 6) is -0.413. The molecule has 0 spiro atoms. The van der Waals surface area contributed by atoms with Crippen LogP contribution in [0.1, 0.15) is 48.7 Å². The van der Waals surface area contributed by atoms with Gasteiger partial charge in [-0.1, -0.05) is 31.2 Å². The van der Waals surface area contributed by atoms with Gasteiger partial charge in [-0.3, -0.25) is 9.59 Å². The molecule has 1 amide bonds. The first-order valence-electron chi connectivity index (χ1n) is 8.25. The number of aliphatic carboxylic acids is 1. The highest BCUT2D eigenvalue weighted by atomic mass is 16.4. The van der Waals surface area contributed by atoms with Crippen LogP contribution in [0.5, 0.6) is 0 Å². The van der Waals surface area contributed by atoms with Gasteiger partial charge in [-0.15, -0.1) is 0 Å². The van der Waals surface area contributed by atoms with Gasteiger partial charge < -0.3 is 14.8 Å². The molecule has 2 aromatic rings. The number of rotatable bonds is 6. The number of carbonyl (C=O) groups excluding carboxylic acids is 1. The van der Waals surface area contributed by atoms with E-state index in [4.69, 9.17) is 9.52 Å². The van der Waals surface area contributed by atoms with Gasteiger partial charge >= 0.3 is 5.97 Å². The van der Waals surface area contributed by atoms with Crippen molar-refractivity contribution in [2.45, 2.75) is 44.6 Å². The van der Waals surface area contributed by atoms with Crippen molar-refractivity contribution >= 4 is 11.9 Å². The van der Waals surface area contributed by atoms with Crippen molar-refractivity contribution in [2.75, 3.05) is 0 Å². The Morgan fingerprint density at radius 1 is 1.17 bits per heavy atom. The van der Waals surface area contributed by atoms with Gasteiger partial charge in [-0.2, -0.15) is 0 Å². The van der Waals surface area contributed by atoms with E-state index in [1.165, 1.54) is 5.56 Å². The molecule has 1 heterocycles. The van der Waals surface area contributed by atoms with E-state index in [2.05, 4.69) is 12.2 Å². The lowest BCUT2D eigenvalue weighted by atomic mass is 9.74. The summed E-state index contributed by atoms with van der Waals surface area (Å²) in [6.07, 6.45) is 3.23. The number of carboxylic acids is 1. The van der Waals surface area contributed by atoms with Crippen LogP contribution in [0, 0.1) is 0 Å². The fourth-order valence-electron chi connectivity index (χ4n) is 3.06. The summed E-state index contributed by atoms with van der Waals surface area (Å²) in [4.78, 5) is 23.4. The van der Waals surface area contributed by atoms with Crippen molar-refractivity contribution in [3.8, 4) is 11.3 Å². The predicted octanol–water partition coefficient (Wildman–Crippen LogP) is 3.64. The molecule has 1 aromatic carbocycles. The molecule has 1 aromatic heterocycles. The first kappa shape index (κ1) is 16.3. The lowest BCUT2D eigenvalue weighted by Crippen LogP contribution is -2.54. The van der Waals surface area contributed by atoms with Gasteiger partial charge in [-0.25, -0.2) is 0 Å². The second kappa shape index (κ2) is 6.51. The number of amides is 1. The summed E-state index contributed by atoms with van der Waals surface area (Å²) in [7, 11) is 0. The maximum absolute atomic E-state index is 12.4. The maximum atomic E-state index is 12.4. The number of benzene rings is 1. The van der Waals surface area contributed by atoms with Crippen molar-refractivity contribution in [3.05, 3.63) is 47.7 Å². The topological polar surface area (TPSA) is 79.5 Å². The zero-order valence-electron chi connectivity index (χ0n) is 13.7. The number of hydrogen-bond acceptors (Lipinski definition) is 3. The molecule has 2 N–H and O–H groups in total. The molecule has 0 bridgehead atoms. The highest BCUT2D eigenvalue weighted by Gasteiger charge is 2.40. The van der Waals surface area contributed by atoms with Crippen molar-refractivity contribution in [1.29, 1.82) is 0 Å². The minimum Gasteiger partial charge on any atom is -0.481 e. The number of hydrogen-bond donors (Lipinski definition) is 2. The van der Waals surface area contributed by atoms with Crippen LogP contribution in [0.25, 0.3) is 11.3 Å². The van der Waals surface area contributed by atoms with E-state index in [0.717, 1.165) is 18.4 Å². The standard InChI is InChI=1S/C19H21NO4/c1-2-13-4-6-14(7-5-13)15-8-9-16(24-15)18(23)20-19(10-3-11-19)12-17(21)22/h4-9H,2-3,10-12H2,1H3,(H,20,23)(H,21,22). The van der Waals surface area contributed by atoms with Gasteiger partial charge in [0.1, 0.15) is 5.76 Å². The van der Waals surface area contributed by atoms with Crippen molar-refractivity contribution in [1.82, 2.24) is 5.32 Å². The highest BCUT2D eigenvalue weighted by molar-refractivity contribution is 5.93. The summed E-state index contributed by atoms with van der Waals surface area (Å²) in [5.41, 5.74) is 1.53. The third-order valence-corrected chi connectivity index (χ3v) is 4.66. The van der Waals surface area contributed by atoms with E-state index < -0.39 is 11.5 Å². The average Bonchev–Trinajstić information content (AvgIpc) is 3.02. The Hall–Kier alpha value is -2.56. The summed E-state index contributed by atoms with van der Waals surface area (Å²) < 4.78 is 5.66. The molecule has 1 saturated carbocycles. The molecule has 126 valence electrons. The molecule has 5 heteroatoms. The van der Waals surface area contributed by atoms with Crippen LogP contribution < -0.4 is 5.32 Å². The SMILES string of the molecule is CCc1ccc(-c2ccc(C(=O)NC3(CC(=O)O)CCC3)o2)cc1. The molecular formula is C19H21NO4. The minimum absolute atomic E-state index is 0.0508. The number of nitrogens with one attached hydrogen (secondary N) is 1. The van der Waals surface area contributed by atoms with E-state index >= 15 is 0 Å². The van der Waals surface area contributed by atoms with Crippen LogP contribution in [0.15, 0.2) is 40.8 Å². The maximum Gasteiger partial charge on any atom is 0.305 e. The fraction of sp³-hybridized carbons (Fsp3) is 0.368. The van der Waals surface area contributed by atoms with E-state index in [-0.39, 0.29) is 18.1 Å². The number of carboxylic acid groups (broad SMARTS) is 1. The van der Waals surface area contributed by atoms with Gasteiger partial charge in [-0.05, 0) is 43.4 Å². The van der Waals surface area contributed by atoms with Crippen LogP contribution in [-0.4, -0.2) is 22.5 Å². The Balaban J connectivity index is 1.72. The van der Waals surface area contributed by atoms with Gasteiger partial charge in [0.25, 0.3) is 5.91 Å². The van der Waals surface area contributed by atoms with E-state index in [1.807, 2.05) is 24.3 Å². The summed E-state index contributed by atoms with van der Waals surface area (Å²) in [6, 6.07) is 11.4. The van der Waals surface area contributed by atoms with Crippen LogP contribution >= 0.6 is 0 Å². The van der Waals surface area contributed by atoms with Crippen LogP contribution in [0.4, 0.5) is 0 Å². The molecule has 24 heavy (non-hydrogen) atoms. The molecule has 5 nitrogen and oxygen atoms in total. The van der Waals surface area contributed by atoms with Crippen molar-refractivity contribution in [2.24, 2.45) is 0 Å². The van der Waals surface area contributed by atoms with Crippen LogP contribution in [0.2, 0.25) is 0 Å². The van der Waals surface area contributed by atoms with Crippen LogP contribution in [0.3, 0.4) is 0 Å². The first-order valence-corrected chi connectivity index (χ1v) is 8.25. The zero-order chi connectivity index (χ0) is 17.2. The first-order chi connectivity index (χ1) is 11.5. The largest absolute Gasteiger partial charge is 0.481 e. The third-order valence-electron chi connectivity index (χ3n) is 4.66. The van der Waals surface area contributed by atoms with Gasteiger partial charge in [0.15, 0.2) is 5.76 Å².